The van der Waals surface area contributed by atoms with E-state index in [2.05, 4.69) is 44.1 Å². The van der Waals surface area contributed by atoms with E-state index in [1.165, 1.54) is 12.0 Å². The summed E-state index contributed by atoms with van der Waals surface area (Å²) >= 11 is 3.45. The lowest BCUT2D eigenvalue weighted by molar-refractivity contribution is 0.549. The van der Waals surface area contributed by atoms with Crippen LogP contribution in [0.25, 0.3) is 0 Å². The second-order valence-corrected chi connectivity index (χ2v) is 5.37. The number of nitrogens with one attached hydrogen (secondary N) is 1. The molecule has 0 aromatic carbocycles. The van der Waals surface area contributed by atoms with Crippen LogP contribution >= 0.6 is 15.9 Å². The van der Waals surface area contributed by atoms with Gasteiger partial charge >= 0.3 is 0 Å². The number of pyridine rings is 1. The summed E-state index contributed by atoms with van der Waals surface area (Å²) in [7, 11) is 2.02. The van der Waals surface area contributed by atoms with Crippen molar-refractivity contribution in [2.45, 2.75) is 13.3 Å². The normalized spacial score (nSPS) is 20.4. The van der Waals surface area contributed by atoms with Gasteiger partial charge < -0.3 is 10.2 Å². The highest BCUT2D eigenvalue weighted by Crippen LogP contribution is 2.26. The lowest BCUT2D eigenvalue weighted by Gasteiger charge is -2.19. The molecule has 0 radical (unpaired) electrons. The zero-order valence-electron chi connectivity index (χ0n) is 9.83. The van der Waals surface area contributed by atoms with Crippen LogP contribution in [0, 0.1) is 12.8 Å². The van der Waals surface area contributed by atoms with Gasteiger partial charge in [0.25, 0.3) is 0 Å². The molecule has 1 atom stereocenters. The monoisotopic (exact) mass is 283 g/mol. The molecule has 1 saturated heterocycles. The third kappa shape index (κ3) is 2.55. The topological polar surface area (TPSA) is 28.2 Å². The summed E-state index contributed by atoms with van der Waals surface area (Å²) in [5.41, 5.74) is 1.25. The minimum absolute atomic E-state index is 0.759. The predicted molar refractivity (Wildman–Crippen MR) is 70.9 cm³/mol. The van der Waals surface area contributed by atoms with Gasteiger partial charge in [-0.25, -0.2) is 4.98 Å². The average molecular weight is 284 g/mol. The van der Waals surface area contributed by atoms with Crippen LogP contribution in [0.5, 0.6) is 0 Å². The minimum atomic E-state index is 0.759. The Morgan fingerprint density at radius 2 is 2.44 bits per heavy atom. The molecule has 2 heterocycles. The first-order valence-electron chi connectivity index (χ1n) is 5.72. The minimum Gasteiger partial charge on any atom is -0.356 e. The Morgan fingerprint density at radius 1 is 1.62 bits per heavy atom. The third-order valence-electron chi connectivity index (χ3n) is 3.10. The molecule has 16 heavy (non-hydrogen) atoms. The van der Waals surface area contributed by atoms with E-state index in [0.29, 0.717) is 0 Å². The van der Waals surface area contributed by atoms with E-state index in [9.17, 15) is 0 Å². The fraction of sp³-hybridized carbons (Fsp3) is 0.583. The molecule has 3 nitrogen and oxygen atoms in total. The van der Waals surface area contributed by atoms with E-state index in [0.717, 1.165) is 35.8 Å². The molecule has 1 aromatic rings. The molecule has 0 amide bonds. The molecule has 0 saturated carbocycles. The van der Waals surface area contributed by atoms with Crippen molar-refractivity contribution in [3.8, 4) is 0 Å². The number of hydrogen-bond donors (Lipinski definition) is 1. The van der Waals surface area contributed by atoms with Crippen LogP contribution in [0.4, 0.5) is 5.82 Å². The van der Waals surface area contributed by atoms with Crippen molar-refractivity contribution < 1.29 is 0 Å². The van der Waals surface area contributed by atoms with E-state index < -0.39 is 0 Å². The summed E-state index contributed by atoms with van der Waals surface area (Å²) in [5.74, 6) is 1.90. The Balaban J connectivity index is 2.08. The Bertz CT molecular complexity index is 367. The molecule has 4 heteroatoms. The highest BCUT2D eigenvalue weighted by molar-refractivity contribution is 9.10. The zero-order chi connectivity index (χ0) is 11.5. The summed E-state index contributed by atoms with van der Waals surface area (Å²) in [5, 5.41) is 3.25. The Morgan fingerprint density at radius 3 is 3.12 bits per heavy atom. The fourth-order valence-electron chi connectivity index (χ4n) is 2.34. The van der Waals surface area contributed by atoms with E-state index in [4.69, 9.17) is 0 Å². The van der Waals surface area contributed by atoms with Gasteiger partial charge in [0.15, 0.2) is 0 Å². The lowest BCUT2D eigenvalue weighted by atomic mass is 10.1. The number of rotatable bonds is 3. The second kappa shape index (κ2) is 5.15. The first-order valence-corrected chi connectivity index (χ1v) is 6.51. The molecule has 1 N–H and O–H groups in total. The molecule has 0 spiro atoms. The molecular formula is C12H18BrN3. The molecule has 1 aliphatic heterocycles. The third-order valence-corrected chi connectivity index (χ3v) is 3.53. The van der Waals surface area contributed by atoms with Crippen molar-refractivity contribution in [3.05, 3.63) is 22.3 Å². The number of hydrogen-bond acceptors (Lipinski definition) is 3. The quantitative estimate of drug-likeness (QED) is 0.922. The molecular weight excluding hydrogens is 266 g/mol. The van der Waals surface area contributed by atoms with Gasteiger partial charge in [0.2, 0.25) is 0 Å². The van der Waals surface area contributed by atoms with Crippen LogP contribution in [0.3, 0.4) is 0 Å². The van der Waals surface area contributed by atoms with Crippen LogP contribution in [-0.2, 0) is 0 Å². The van der Waals surface area contributed by atoms with Gasteiger partial charge in [-0.2, -0.15) is 0 Å². The summed E-state index contributed by atoms with van der Waals surface area (Å²) in [4.78, 5) is 6.91. The number of aromatic nitrogens is 1. The second-order valence-electron chi connectivity index (χ2n) is 4.45. The van der Waals surface area contributed by atoms with Crippen molar-refractivity contribution in [1.82, 2.24) is 10.3 Å². The van der Waals surface area contributed by atoms with Crippen LogP contribution < -0.4 is 10.2 Å². The number of anilines is 1. The van der Waals surface area contributed by atoms with Crippen molar-refractivity contribution in [3.63, 3.8) is 0 Å². The average Bonchev–Trinajstić information content (AvgIpc) is 2.67. The van der Waals surface area contributed by atoms with Gasteiger partial charge in [-0.1, -0.05) is 0 Å². The maximum atomic E-state index is 4.51. The van der Waals surface area contributed by atoms with E-state index >= 15 is 0 Å². The van der Waals surface area contributed by atoms with Gasteiger partial charge in [-0.05, 0) is 60.4 Å². The summed E-state index contributed by atoms with van der Waals surface area (Å²) in [6, 6.07) is 2.13. The molecule has 88 valence electrons. The summed E-state index contributed by atoms with van der Waals surface area (Å²) < 4.78 is 1.06. The predicted octanol–water partition coefficient (Wildman–Crippen LogP) is 2.20. The number of nitrogens with zero attached hydrogens (tertiary/aromatic N) is 2. The molecule has 1 unspecified atom stereocenters. The van der Waals surface area contributed by atoms with Crippen molar-refractivity contribution >= 4 is 21.7 Å². The van der Waals surface area contributed by atoms with Gasteiger partial charge in [0, 0.05) is 23.8 Å². The van der Waals surface area contributed by atoms with Gasteiger partial charge in [-0.3, -0.25) is 0 Å². The zero-order valence-corrected chi connectivity index (χ0v) is 11.4. The molecule has 1 aromatic heterocycles. The van der Waals surface area contributed by atoms with Gasteiger partial charge in [-0.15, -0.1) is 0 Å². The molecule has 1 aliphatic rings. The summed E-state index contributed by atoms with van der Waals surface area (Å²) in [6.07, 6.45) is 3.14. The first kappa shape index (κ1) is 11.9. The van der Waals surface area contributed by atoms with E-state index in [1.807, 2.05) is 13.2 Å². The van der Waals surface area contributed by atoms with Gasteiger partial charge in [0.05, 0.1) is 0 Å². The maximum absolute atomic E-state index is 4.51. The fourth-order valence-corrected chi connectivity index (χ4v) is 2.79. The van der Waals surface area contributed by atoms with E-state index in [1.54, 1.807) is 0 Å². The van der Waals surface area contributed by atoms with Crippen molar-refractivity contribution in [2.24, 2.45) is 5.92 Å². The van der Waals surface area contributed by atoms with Crippen molar-refractivity contribution in [2.75, 3.05) is 31.6 Å². The summed E-state index contributed by atoms with van der Waals surface area (Å²) in [6.45, 7) is 5.47. The van der Waals surface area contributed by atoms with Crippen LogP contribution in [-0.4, -0.2) is 31.7 Å². The highest BCUT2D eigenvalue weighted by atomic mass is 79.9. The largest absolute Gasteiger partial charge is 0.356 e. The Kier molecular flexibility index (Phi) is 3.82. The smallest absolute Gasteiger partial charge is 0.131 e. The van der Waals surface area contributed by atoms with E-state index in [-0.39, 0.29) is 0 Å². The van der Waals surface area contributed by atoms with Gasteiger partial charge in [0.1, 0.15) is 5.82 Å². The number of aryl methyl sites for hydroxylation is 1. The molecule has 2 rings (SSSR count). The number of halogens is 1. The molecule has 1 fully saturated rings. The van der Waals surface area contributed by atoms with Crippen LogP contribution in [0.2, 0.25) is 0 Å². The van der Waals surface area contributed by atoms with Crippen molar-refractivity contribution in [1.29, 1.82) is 0 Å². The first-order chi connectivity index (χ1) is 7.70. The Hall–Kier alpha value is -0.610. The highest BCUT2D eigenvalue weighted by Gasteiger charge is 2.23. The molecule has 0 aliphatic carbocycles. The lowest BCUT2D eigenvalue weighted by Crippen LogP contribution is -2.25. The van der Waals surface area contributed by atoms with Crippen LogP contribution in [0.15, 0.2) is 16.7 Å². The Labute approximate surface area is 105 Å². The standard InChI is InChI=1S/C12H18BrN3/c1-9-5-11(13)7-15-12(9)16-4-3-10(8-16)6-14-2/h5,7,10,14H,3-4,6,8H2,1-2H3. The maximum Gasteiger partial charge on any atom is 0.131 e. The van der Waals surface area contributed by atoms with Crippen LogP contribution in [0.1, 0.15) is 12.0 Å². The SMILES string of the molecule is CNCC1CCN(c2ncc(Br)cc2C)C1. The molecule has 0 bridgehead atoms.